The summed E-state index contributed by atoms with van der Waals surface area (Å²) in [5.41, 5.74) is 5.06. The van der Waals surface area contributed by atoms with Gasteiger partial charge in [0.1, 0.15) is 5.52 Å². The second-order valence-electron chi connectivity index (χ2n) is 4.48. The van der Waals surface area contributed by atoms with Crippen molar-refractivity contribution >= 4 is 27.0 Å². The smallest absolute Gasteiger partial charge is 0.227 e. The third-order valence-corrected chi connectivity index (χ3v) is 3.44. The van der Waals surface area contributed by atoms with Gasteiger partial charge in [0.05, 0.1) is 4.47 Å². The Morgan fingerprint density at radius 2 is 1.89 bits per heavy atom. The number of hydrogen-bond donors (Lipinski definition) is 0. The standard InChI is InChI=1S/C15H12BrNO/c1-9-4-3-5-11(6-9)15-17-13-8-10(2)7-12(16)14(13)18-15/h3-8H,1-2H3. The van der Waals surface area contributed by atoms with Crippen LogP contribution >= 0.6 is 15.9 Å². The lowest BCUT2D eigenvalue weighted by Crippen LogP contribution is -1.78. The molecule has 0 radical (unpaired) electrons. The number of benzene rings is 2. The van der Waals surface area contributed by atoms with Crippen LogP contribution in [0.5, 0.6) is 0 Å². The van der Waals surface area contributed by atoms with Gasteiger partial charge in [0.2, 0.25) is 5.89 Å². The first-order valence-corrected chi connectivity index (χ1v) is 6.56. The predicted octanol–water partition coefficient (Wildman–Crippen LogP) is 4.87. The van der Waals surface area contributed by atoms with E-state index in [1.54, 1.807) is 0 Å². The van der Waals surface area contributed by atoms with E-state index in [1.807, 2.05) is 31.2 Å². The Bertz CT molecular complexity index is 730. The zero-order valence-corrected chi connectivity index (χ0v) is 11.8. The summed E-state index contributed by atoms with van der Waals surface area (Å²) in [7, 11) is 0. The summed E-state index contributed by atoms with van der Waals surface area (Å²) in [4.78, 5) is 4.55. The SMILES string of the molecule is Cc1cccc(-c2nc3cc(C)cc(Br)c3o2)c1. The molecule has 1 aromatic heterocycles. The summed E-state index contributed by atoms with van der Waals surface area (Å²) in [6, 6.07) is 12.2. The highest BCUT2D eigenvalue weighted by molar-refractivity contribution is 9.10. The van der Waals surface area contributed by atoms with E-state index in [-0.39, 0.29) is 0 Å². The molecule has 3 aromatic rings. The summed E-state index contributed by atoms with van der Waals surface area (Å²) in [6.45, 7) is 4.11. The van der Waals surface area contributed by atoms with Crippen molar-refractivity contribution in [3.8, 4) is 11.5 Å². The van der Waals surface area contributed by atoms with Crippen LogP contribution in [-0.4, -0.2) is 4.98 Å². The van der Waals surface area contributed by atoms with Crippen molar-refractivity contribution in [1.29, 1.82) is 0 Å². The van der Waals surface area contributed by atoms with Crippen molar-refractivity contribution in [2.45, 2.75) is 13.8 Å². The van der Waals surface area contributed by atoms with Gasteiger partial charge in [0.15, 0.2) is 5.58 Å². The highest BCUT2D eigenvalue weighted by atomic mass is 79.9. The largest absolute Gasteiger partial charge is 0.435 e. The third kappa shape index (κ3) is 1.95. The van der Waals surface area contributed by atoms with Crippen LogP contribution in [0.4, 0.5) is 0 Å². The van der Waals surface area contributed by atoms with Crippen molar-refractivity contribution in [2.24, 2.45) is 0 Å². The van der Waals surface area contributed by atoms with Gasteiger partial charge in [-0.15, -0.1) is 0 Å². The minimum absolute atomic E-state index is 0.667. The van der Waals surface area contributed by atoms with E-state index in [4.69, 9.17) is 4.42 Å². The fourth-order valence-corrected chi connectivity index (χ4v) is 2.67. The zero-order valence-electron chi connectivity index (χ0n) is 10.2. The van der Waals surface area contributed by atoms with Gasteiger partial charge in [-0.2, -0.15) is 0 Å². The maximum Gasteiger partial charge on any atom is 0.227 e. The first kappa shape index (κ1) is 11.5. The summed E-state index contributed by atoms with van der Waals surface area (Å²) >= 11 is 3.51. The molecular weight excluding hydrogens is 290 g/mol. The number of hydrogen-bond acceptors (Lipinski definition) is 2. The van der Waals surface area contributed by atoms with Gasteiger partial charge < -0.3 is 4.42 Å². The molecule has 18 heavy (non-hydrogen) atoms. The molecule has 2 nitrogen and oxygen atoms in total. The Hall–Kier alpha value is -1.61. The third-order valence-electron chi connectivity index (χ3n) is 2.85. The molecule has 0 aliphatic carbocycles. The average Bonchev–Trinajstić information content (AvgIpc) is 2.73. The van der Waals surface area contributed by atoms with E-state index in [0.29, 0.717) is 5.89 Å². The molecule has 3 rings (SSSR count). The van der Waals surface area contributed by atoms with E-state index >= 15 is 0 Å². The molecule has 90 valence electrons. The molecule has 3 heteroatoms. The number of rotatable bonds is 1. The van der Waals surface area contributed by atoms with Gasteiger partial charge in [0.25, 0.3) is 0 Å². The second kappa shape index (κ2) is 4.25. The molecule has 0 spiro atoms. The summed E-state index contributed by atoms with van der Waals surface area (Å²) < 4.78 is 6.78. The fraction of sp³-hybridized carbons (Fsp3) is 0.133. The molecule has 0 aliphatic heterocycles. The van der Waals surface area contributed by atoms with Gasteiger partial charge in [-0.05, 0) is 59.6 Å². The van der Waals surface area contributed by atoms with Crippen molar-refractivity contribution in [2.75, 3.05) is 0 Å². The molecule has 0 saturated carbocycles. The monoisotopic (exact) mass is 301 g/mol. The summed E-state index contributed by atoms with van der Waals surface area (Å²) in [5, 5.41) is 0. The van der Waals surface area contributed by atoms with Crippen LogP contribution in [0.2, 0.25) is 0 Å². The quantitative estimate of drug-likeness (QED) is 0.640. The van der Waals surface area contributed by atoms with Gasteiger partial charge in [-0.3, -0.25) is 0 Å². The van der Waals surface area contributed by atoms with Crippen LogP contribution in [0.25, 0.3) is 22.6 Å². The Balaban J connectivity index is 2.22. The Morgan fingerprint density at radius 3 is 2.67 bits per heavy atom. The summed E-state index contributed by atoms with van der Waals surface area (Å²) in [5.74, 6) is 0.667. The molecule has 0 fully saturated rings. The van der Waals surface area contributed by atoms with Gasteiger partial charge in [-0.25, -0.2) is 4.98 Å². The summed E-state index contributed by atoms with van der Waals surface area (Å²) in [6.07, 6.45) is 0. The number of aryl methyl sites for hydroxylation is 2. The fourth-order valence-electron chi connectivity index (χ4n) is 2.03. The zero-order chi connectivity index (χ0) is 12.7. The minimum atomic E-state index is 0.667. The van der Waals surface area contributed by atoms with E-state index < -0.39 is 0 Å². The first-order valence-electron chi connectivity index (χ1n) is 5.77. The van der Waals surface area contributed by atoms with E-state index in [2.05, 4.69) is 40.0 Å². The molecule has 2 aromatic carbocycles. The maximum atomic E-state index is 5.84. The van der Waals surface area contributed by atoms with Gasteiger partial charge in [0, 0.05) is 5.56 Å². The average molecular weight is 302 g/mol. The Labute approximate surface area is 114 Å². The number of aromatic nitrogens is 1. The maximum absolute atomic E-state index is 5.84. The molecule has 0 N–H and O–H groups in total. The van der Waals surface area contributed by atoms with Crippen LogP contribution in [-0.2, 0) is 0 Å². The van der Waals surface area contributed by atoms with Crippen molar-refractivity contribution in [3.05, 3.63) is 52.0 Å². The Morgan fingerprint density at radius 1 is 1.06 bits per heavy atom. The van der Waals surface area contributed by atoms with Crippen molar-refractivity contribution in [1.82, 2.24) is 4.98 Å². The molecular formula is C15H12BrNO. The molecule has 0 aliphatic rings. The lowest BCUT2D eigenvalue weighted by atomic mass is 10.1. The molecule has 0 atom stereocenters. The van der Waals surface area contributed by atoms with E-state index in [9.17, 15) is 0 Å². The topological polar surface area (TPSA) is 26.0 Å². The normalized spacial score (nSPS) is 11.1. The van der Waals surface area contributed by atoms with Gasteiger partial charge in [-0.1, -0.05) is 17.7 Å². The van der Waals surface area contributed by atoms with E-state index in [0.717, 1.165) is 21.1 Å². The number of fused-ring (bicyclic) bond motifs is 1. The lowest BCUT2D eigenvalue weighted by Gasteiger charge is -1.96. The molecule has 0 amide bonds. The molecule has 0 saturated heterocycles. The van der Waals surface area contributed by atoms with Crippen LogP contribution in [0.3, 0.4) is 0 Å². The first-order chi connectivity index (χ1) is 8.63. The van der Waals surface area contributed by atoms with Crippen LogP contribution < -0.4 is 0 Å². The number of halogens is 1. The number of nitrogens with zero attached hydrogens (tertiary/aromatic N) is 1. The molecule has 0 bridgehead atoms. The van der Waals surface area contributed by atoms with Crippen molar-refractivity contribution < 1.29 is 4.42 Å². The van der Waals surface area contributed by atoms with Crippen molar-refractivity contribution in [3.63, 3.8) is 0 Å². The predicted molar refractivity (Wildman–Crippen MR) is 76.6 cm³/mol. The van der Waals surface area contributed by atoms with E-state index in [1.165, 1.54) is 11.1 Å². The lowest BCUT2D eigenvalue weighted by molar-refractivity contribution is 0.618. The highest BCUT2D eigenvalue weighted by Gasteiger charge is 2.11. The highest BCUT2D eigenvalue weighted by Crippen LogP contribution is 2.30. The Kier molecular flexibility index (Phi) is 2.71. The van der Waals surface area contributed by atoms with Crippen LogP contribution in [0, 0.1) is 13.8 Å². The van der Waals surface area contributed by atoms with Crippen LogP contribution in [0.1, 0.15) is 11.1 Å². The number of oxazole rings is 1. The second-order valence-corrected chi connectivity index (χ2v) is 5.34. The van der Waals surface area contributed by atoms with Crippen LogP contribution in [0.15, 0.2) is 45.3 Å². The molecule has 0 unspecified atom stereocenters. The minimum Gasteiger partial charge on any atom is -0.435 e. The molecule has 1 heterocycles. The van der Waals surface area contributed by atoms with Gasteiger partial charge >= 0.3 is 0 Å².